The Morgan fingerprint density at radius 1 is 0.667 bits per heavy atom. The zero-order valence-corrected chi connectivity index (χ0v) is 16.2. The molecule has 0 saturated heterocycles. The van der Waals surface area contributed by atoms with Gasteiger partial charge in [-0.2, -0.15) is 26.3 Å². The lowest BCUT2D eigenvalue weighted by Gasteiger charge is -2.20. The van der Waals surface area contributed by atoms with Gasteiger partial charge in [0.1, 0.15) is 22.6 Å². The highest BCUT2D eigenvalue weighted by atomic mass is 19.4. The normalized spacial score (nSPS) is 11.8. The average Bonchev–Trinajstić information content (AvgIpc) is 2.72. The molecule has 0 saturated carbocycles. The lowest BCUT2D eigenvalue weighted by atomic mass is 9.97. The third-order valence-corrected chi connectivity index (χ3v) is 4.51. The van der Waals surface area contributed by atoms with Crippen molar-refractivity contribution >= 4 is 11.9 Å². The topological polar surface area (TPSA) is 83.8 Å². The van der Waals surface area contributed by atoms with Crippen LogP contribution in [-0.2, 0) is 12.4 Å². The molecule has 3 aromatic rings. The molecule has 0 aliphatic heterocycles. The molecule has 0 fully saturated rings. The second-order valence-electron chi connectivity index (χ2n) is 6.61. The van der Waals surface area contributed by atoms with Crippen LogP contribution >= 0.6 is 0 Å². The summed E-state index contributed by atoms with van der Waals surface area (Å²) >= 11 is 0. The molecule has 0 spiro atoms. The van der Waals surface area contributed by atoms with E-state index in [9.17, 15) is 46.1 Å². The van der Waals surface area contributed by atoms with Gasteiger partial charge in [0.25, 0.3) is 0 Å². The predicted octanol–water partition coefficient (Wildman–Crippen LogP) is 6.58. The molecule has 0 atom stereocenters. The monoisotopic (exact) mass is 470 g/mol. The second kappa shape index (κ2) is 8.49. The smallest absolute Gasteiger partial charge is 0.420 e. The maximum atomic E-state index is 13.9. The summed E-state index contributed by atoms with van der Waals surface area (Å²) < 4.78 is 86.6. The van der Waals surface area contributed by atoms with E-state index in [-0.39, 0.29) is 17.2 Å². The van der Waals surface area contributed by atoms with Crippen molar-refractivity contribution in [3.8, 4) is 22.6 Å². The quantitative estimate of drug-likeness (QED) is 0.412. The number of aromatic carboxylic acids is 2. The number of benzene rings is 3. The second-order valence-corrected chi connectivity index (χ2v) is 6.61. The van der Waals surface area contributed by atoms with Gasteiger partial charge in [0.2, 0.25) is 0 Å². The Balaban J connectivity index is 2.27. The van der Waals surface area contributed by atoms with Crippen molar-refractivity contribution in [1.29, 1.82) is 0 Å². The van der Waals surface area contributed by atoms with E-state index in [1.54, 1.807) is 6.07 Å². The Bertz CT molecular complexity index is 1220. The highest BCUT2D eigenvalue weighted by Gasteiger charge is 2.41. The van der Waals surface area contributed by atoms with Crippen LogP contribution in [0.2, 0.25) is 0 Å². The fourth-order valence-electron chi connectivity index (χ4n) is 3.22. The zero-order valence-electron chi connectivity index (χ0n) is 16.2. The summed E-state index contributed by atoms with van der Waals surface area (Å²) in [5.41, 5.74) is -6.37. The average molecular weight is 470 g/mol. The number of carboxylic acids is 2. The molecule has 0 unspecified atom stereocenters. The van der Waals surface area contributed by atoms with E-state index in [1.807, 2.05) is 0 Å². The molecule has 3 aromatic carbocycles. The van der Waals surface area contributed by atoms with Crippen LogP contribution in [0.4, 0.5) is 26.3 Å². The molecule has 0 aromatic heterocycles. The molecule has 0 amide bonds. The summed E-state index contributed by atoms with van der Waals surface area (Å²) in [4.78, 5) is 23.1. The lowest BCUT2D eigenvalue weighted by Crippen LogP contribution is -2.18. The Hall–Kier alpha value is -4.02. The molecule has 11 heteroatoms. The lowest BCUT2D eigenvalue weighted by molar-refractivity contribution is -0.138. The van der Waals surface area contributed by atoms with Crippen LogP contribution in [0.3, 0.4) is 0 Å². The number of alkyl halides is 6. The van der Waals surface area contributed by atoms with Gasteiger partial charge in [-0.1, -0.05) is 42.5 Å². The molecule has 172 valence electrons. The third-order valence-electron chi connectivity index (χ3n) is 4.51. The predicted molar refractivity (Wildman–Crippen MR) is 102 cm³/mol. The van der Waals surface area contributed by atoms with Crippen molar-refractivity contribution in [3.05, 3.63) is 82.9 Å². The first-order valence-electron chi connectivity index (χ1n) is 8.96. The van der Waals surface area contributed by atoms with E-state index in [2.05, 4.69) is 0 Å². The maximum absolute atomic E-state index is 13.9. The van der Waals surface area contributed by atoms with Crippen LogP contribution in [-0.4, -0.2) is 22.2 Å². The van der Waals surface area contributed by atoms with Crippen LogP contribution in [0.1, 0.15) is 31.8 Å². The van der Waals surface area contributed by atoms with Gasteiger partial charge in [-0.15, -0.1) is 0 Å². The number of carboxylic acid groups (broad SMARTS) is 2. The fourth-order valence-corrected chi connectivity index (χ4v) is 3.22. The van der Waals surface area contributed by atoms with Gasteiger partial charge in [0.15, 0.2) is 0 Å². The largest absolute Gasteiger partial charge is 0.478 e. The maximum Gasteiger partial charge on any atom is 0.420 e. The van der Waals surface area contributed by atoms with Crippen molar-refractivity contribution in [3.63, 3.8) is 0 Å². The summed E-state index contributed by atoms with van der Waals surface area (Å²) in [6, 6.07) is 11.2. The van der Waals surface area contributed by atoms with Crippen LogP contribution < -0.4 is 4.74 Å². The SMILES string of the molecule is O=C(O)c1c(Oc2cccc(-c3ccccc3)c2C(F)(F)F)ccc(C(F)(F)F)c1C(=O)O. The molecule has 2 N–H and O–H groups in total. The summed E-state index contributed by atoms with van der Waals surface area (Å²) in [6.45, 7) is 0. The van der Waals surface area contributed by atoms with E-state index >= 15 is 0 Å². The third kappa shape index (κ3) is 4.76. The fraction of sp³-hybridized carbons (Fsp3) is 0.0909. The highest BCUT2D eigenvalue weighted by Crippen LogP contribution is 2.45. The number of hydrogen-bond acceptors (Lipinski definition) is 3. The van der Waals surface area contributed by atoms with Gasteiger partial charge < -0.3 is 14.9 Å². The molecule has 0 aliphatic carbocycles. The van der Waals surface area contributed by atoms with E-state index < -0.39 is 58.0 Å². The standard InChI is InChI=1S/C22H12F6O5/c23-21(24,25)13-9-10-14(17(20(31)32)16(13)19(29)30)33-15-8-4-7-12(18(15)22(26,27)28)11-5-2-1-3-6-11/h1-10H,(H,29,30)(H,31,32). The van der Waals surface area contributed by atoms with Crippen molar-refractivity contribution in [2.45, 2.75) is 12.4 Å². The highest BCUT2D eigenvalue weighted by molar-refractivity contribution is 6.05. The molecule has 5 nitrogen and oxygen atoms in total. The number of carbonyl (C=O) groups is 2. The zero-order chi connectivity index (χ0) is 24.6. The number of halogens is 6. The molecule has 33 heavy (non-hydrogen) atoms. The van der Waals surface area contributed by atoms with Crippen molar-refractivity contribution < 1.29 is 50.9 Å². The summed E-state index contributed by atoms with van der Waals surface area (Å²) in [5.74, 6) is -6.27. The number of rotatable bonds is 5. The Morgan fingerprint density at radius 2 is 1.27 bits per heavy atom. The number of ether oxygens (including phenoxy) is 1. The number of hydrogen-bond donors (Lipinski definition) is 2. The molecule has 0 aliphatic rings. The summed E-state index contributed by atoms with van der Waals surface area (Å²) in [6.07, 6.45) is -10.2. The Labute approximate surface area is 181 Å². The van der Waals surface area contributed by atoms with Gasteiger partial charge in [0.05, 0.1) is 11.1 Å². The van der Waals surface area contributed by atoms with Crippen LogP contribution in [0.5, 0.6) is 11.5 Å². The summed E-state index contributed by atoms with van der Waals surface area (Å²) in [5, 5.41) is 18.6. The van der Waals surface area contributed by atoms with Crippen LogP contribution in [0, 0.1) is 0 Å². The van der Waals surface area contributed by atoms with Gasteiger partial charge in [0, 0.05) is 0 Å². The van der Waals surface area contributed by atoms with Crippen LogP contribution in [0.15, 0.2) is 60.7 Å². The van der Waals surface area contributed by atoms with Crippen molar-refractivity contribution in [2.24, 2.45) is 0 Å². The Kier molecular flexibility index (Phi) is 6.08. The first-order chi connectivity index (χ1) is 15.3. The summed E-state index contributed by atoms with van der Waals surface area (Å²) in [7, 11) is 0. The molecular formula is C22H12F6O5. The molecule has 0 bridgehead atoms. The van der Waals surface area contributed by atoms with Gasteiger partial charge in [-0.25, -0.2) is 9.59 Å². The van der Waals surface area contributed by atoms with E-state index in [0.717, 1.165) is 12.1 Å². The van der Waals surface area contributed by atoms with Gasteiger partial charge >= 0.3 is 24.3 Å². The van der Waals surface area contributed by atoms with Crippen molar-refractivity contribution in [2.75, 3.05) is 0 Å². The minimum Gasteiger partial charge on any atom is -0.478 e. The first-order valence-corrected chi connectivity index (χ1v) is 8.96. The van der Waals surface area contributed by atoms with E-state index in [0.29, 0.717) is 6.07 Å². The van der Waals surface area contributed by atoms with E-state index in [1.165, 1.54) is 30.3 Å². The molecule has 0 heterocycles. The molecular weight excluding hydrogens is 458 g/mol. The van der Waals surface area contributed by atoms with Crippen LogP contribution in [0.25, 0.3) is 11.1 Å². The van der Waals surface area contributed by atoms with Gasteiger partial charge in [-0.3, -0.25) is 0 Å². The molecule has 3 rings (SSSR count). The van der Waals surface area contributed by atoms with E-state index in [4.69, 9.17) is 4.74 Å². The minimum absolute atomic E-state index is 0.146. The minimum atomic E-state index is -5.24. The first kappa shape index (κ1) is 23.6. The van der Waals surface area contributed by atoms with Crippen molar-refractivity contribution in [1.82, 2.24) is 0 Å². The molecule has 0 radical (unpaired) electrons. The Morgan fingerprint density at radius 3 is 1.79 bits per heavy atom. The van der Waals surface area contributed by atoms with Gasteiger partial charge in [-0.05, 0) is 29.3 Å².